The van der Waals surface area contributed by atoms with Crippen molar-refractivity contribution in [2.45, 2.75) is 32.2 Å². The molecule has 1 fully saturated rings. The third-order valence-electron chi connectivity index (χ3n) is 5.81. The van der Waals surface area contributed by atoms with Crippen LogP contribution in [0.1, 0.15) is 30.4 Å². The second-order valence-corrected chi connectivity index (χ2v) is 7.99. The number of hydrogen-bond donors (Lipinski definition) is 1. The summed E-state index contributed by atoms with van der Waals surface area (Å²) in [5.74, 6) is 0.219. The van der Waals surface area contributed by atoms with Crippen LogP contribution >= 0.6 is 0 Å². The van der Waals surface area contributed by atoms with Crippen LogP contribution in [0.3, 0.4) is 0 Å². The van der Waals surface area contributed by atoms with Gasteiger partial charge in [0.15, 0.2) is 0 Å². The third-order valence-corrected chi connectivity index (χ3v) is 5.81. The Morgan fingerprint density at radius 2 is 1.61 bits per heavy atom. The minimum absolute atomic E-state index is 0.0168. The lowest BCUT2D eigenvalue weighted by Gasteiger charge is -2.31. The molecule has 1 saturated heterocycles. The summed E-state index contributed by atoms with van der Waals surface area (Å²) in [4.78, 5) is 27.0. The summed E-state index contributed by atoms with van der Waals surface area (Å²) in [6, 6.07) is 19.9. The molecule has 160 valence electrons. The van der Waals surface area contributed by atoms with E-state index in [4.69, 9.17) is 0 Å². The molecule has 0 aliphatic carbocycles. The molecule has 0 spiro atoms. The standard InChI is InChI=1S/C25H28N4O2/c30-24(12-11-21-18-27-29(19-21)23-9-5-2-6-10-23)28-15-13-22(14-16-28)25(31)26-17-20-7-3-1-4-8-20/h1-10,18-19,22H,11-17H2,(H,26,31). The number of hydrogen-bond acceptors (Lipinski definition) is 3. The fourth-order valence-corrected chi connectivity index (χ4v) is 3.94. The van der Waals surface area contributed by atoms with Crippen LogP contribution in [0.25, 0.3) is 5.69 Å². The molecule has 4 rings (SSSR count). The zero-order valence-electron chi connectivity index (χ0n) is 17.6. The van der Waals surface area contributed by atoms with Gasteiger partial charge in [0.05, 0.1) is 11.9 Å². The molecule has 0 radical (unpaired) electrons. The highest BCUT2D eigenvalue weighted by Gasteiger charge is 2.27. The molecule has 3 aromatic rings. The van der Waals surface area contributed by atoms with Gasteiger partial charge in [0.2, 0.25) is 11.8 Å². The summed E-state index contributed by atoms with van der Waals surface area (Å²) in [5, 5.41) is 7.42. The number of nitrogens with one attached hydrogen (secondary N) is 1. The second kappa shape index (κ2) is 10.1. The maximum atomic E-state index is 12.6. The Kier molecular flexibility index (Phi) is 6.77. The van der Waals surface area contributed by atoms with Crippen molar-refractivity contribution < 1.29 is 9.59 Å². The monoisotopic (exact) mass is 416 g/mol. The van der Waals surface area contributed by atoms with Crippen LogP contribution < -0.4 is 5.32 Å². The molecule has 1 aliphatic rings. The SMILES string of the molecule is O=C(NCc1ccccc1)C1CCN(C(=O)CCc2cnn(-c3ccccc3)c2)CC1. The van der Waals surface area contributed by atoms with Crippen molar-refractivity contribution in [2.24, 2.45) is 5.92 Å². The van der Waals surface area contributed by atoms with Crippen LogP contribution in [0.2, 0.25) is 0 Å². The number of benzene rings is 2. The maximum Gasteiger partial charge on any atom is 0.223 e. The van der Waals surface area contributed by atoms with Gasteiger partial charge >= 0.3 is 0 Å². The maximum absolute atomic E-state index is 12.6. The summed E-state index contributed by atoms with van der Waals surface area (Å²) in [6.07, 6.45) is 6.38. The summed E-state index contributed by atoms with van der Waals surface area (Å²) in [7, 11) is 0. The summed E-state index contributed by atoms with van der Waals surface area (Å²) in [5.41, 5.74) is 3.15. The molecular weight excluding hydrogens is 388 g/mol. The largest absolute Gasteiger partial charge is 0.352 e. The van der Waals surface area contributed by atoms with Crippen molar-refractivity contribution in [2.75, 3.05) is 13.1 Å². The lowest BCUT2D eigenvalue weighted by molar-refractivity contribution is -0.135. The van der Waals surface area contributed by atoms with E-state index < -0.39 is 0 Å². The highest BCUT2D eigenvalue weighted by atomic mass is 16.2. The van der Waals surface area contributed by atoms with Crippen LogP contribution in [0.4, 0.5) is 0 Å². The van der Waals surface area contributed by atoms with Gasteiger partial charge in [-0.15, -0.1) is 0 Å². The normalized spacial score (nSPS) is 14.4. The fourth-order valence-electron chi connectivity index (χ4n) is 3.94. The number of carbonyl (C=O) groups excluding carboxylic acids is 2. The first-order valence-corrected chi connectivity index (χ1v) is 10.9. The molecule has 0 bridgehead atoms. The molecule has 2 aromatic carbocycles. The predicted octanol–water partition coefficient (Wildman–Crippen LogP) is 3.36. The van der Waals surface area contributed by atoms with E-state index in [9.17, 15) is 9.59 Å². The van der Waals surface area contributed by atoms with E-state index in [2.05, 4.69) is 10.4 Å². The Hall–Kier alpha value is -3.41. The number of aromatic nitrogens is 2. The van der Waals surface area contributed by atoms with E-state index >= 15 is 0 Å². The van der Waals surface area contributed by atoms with Gasteiger partial charge in [-0.25, -0.2) is 4.68 Å². The number of likely N-dealkylation sites (tertiary alicyclic amines) is 1. The van der Waals surface area contributed by atoms with Gasteiger partial charge in [-0.05, 0) is 42.5 Å². The third kappa shape index (κ3) is 5.60. The van der Waals surface area contributed by atoms with Crippen LogP contribution in [0, 0.1) is 5.92 Å². The number of piperidine rings is 1. The number of nitrogens with zero attached hydrogens (tertiary/aromatic N) is 3. The lowest BCUT2D eigenvalue weighted by Crippen LogP contribution is -2.43. The average Bonchev–Trinajstić information content (AvgIpc) is 3.31. The number of aryl methyl sites for hydroxylation is 1. The molecule has 2 amide bonds. The first-order chi connectivity index (χ1) is 15.2. The molecule has 2 heterocycles. The molecule has 31 heavy (non-hydrogen) atoms. The quantitative estimate of drug-likeness (QED) is 0.642. The molecule has 1 N–H and O–H groups in total. The average molecular weight is 417 g/mol. The summed E-state index contributed by atoms with van der Waals surface area (Å²) >= 11 is 0. The van der Waals surface area contributed by atoms with Crippen molar-refractivity contribution in [3.8, 4) is 5.69 Å². The molecule has 0 unspecified atom stereocenters. The first-order valence-electron chi connectivity index (χ1n) is 10.9. The zero-order chi connectivity index (χ0) is 21.5. The molecular formula is C25H28N4O2. The molecule has 6 heteroatoms. The second-order valence-electron chi connectivity index (χ2n) is 7.99. The molecule has 1 aromatic heterocycles. The van der Waals surface area contributed by atoms with E-state index in [-0.39, 0.29) is 17.7 Å². The number of carbonyl (C=O) groups is 2. The van der Waals surface area contributed by atoms with E-state index in [1.807, 2.05) is 82.6 Å². The van der Waals surface area contributed by atoms with E-state index in [1.54, 1.807) is 0 Å². The van der Waals surface area contributed by atoms with Crippen LogP contribution in [-0.2, 0) is 22.6 Å². The smallest absolute Gasteiger partial charge is 0.223 e. The Balaban J connectivity index is 1.20. The number of para-hydroxylation sites is 1. The fraction of sp³-hybridized carbons (Fsp3) is 0.320. The Bertz CT molecular complexity index is 993. The van der Waals surface area contributed by atoms with Gasteiger partial charge in [0, 0.05) is 38.2 Å². The lowest BCUT2D eigenvalue weighted by atomic mass is 9.95. The summed E-state index contributed by atoms with van der Waals surface area (Å²) < 4.78 is 1.83. The molecule has 1 aliphatic heterocycles. The zero-order valence-corrected chi connectivity index (χ0v) is 17.6. The highest BCUT2D eigenvalue weighted by molar-refractivity contribution is 5.80. The van der Waals surface area contributed by atoms with E-state index in [0.717, 1.165) is 29.7 Å². The van der Waals surface area contributed by atoms with Crippen LogP contribution in [-0.4, -0.2) is 39.6 Å². The predicted molar refractivity (Wildman–Crippen MR) is 119 cm³/mol. The first kappa shape index (κ1) is 20.8. The minimum atomic E-state index is -0.0168. The van der Waals surface area contributed by atoms with Crippen molar-refractivity contribution in [3.63, 3.8) is 0 Å². The van der Waals surface area contributed by atoms with Crippen LogP contribution in [0.15, 0.2) is 73.1 Å². The Morgan fingerprint density at radius 1 is 0.935 bits per heavy atom. The van der Waals surface area contributed by atoms with Gasteiger partial charge in [0.25, 0.3) is 0 Å². The minimum Gasteiger partial charge on any atom is -0.352 e. The Morgan fingerprint density at radius 3 is 2.32 bits per heavy atom. The van der Waals surface area contributed by atoms with E-state index in [1.165, 1.54) is 0 Å². The number of amides is 2. The van der Waals surface area contributed by atoms with Crippen molar-refractivity contribution >= 4 is 11.8 Å². The number of rotatable bonds is 7. The molecule has 0 atom stereocenters. The van der Waals surface area contributed by atoms with Crippen molar-refractivity contribution in [1.29, 1.82) is 0 Å². The molecule has 6 nitrogen and oxygen atoms in total. The summed E-state index contributed by atoms with van der Waals surface area (Å²) in [6.45, 7) is 1.84. The van der Waals surface area contributed by atoms with Gasteiger partial charge in [-0.2, -0.15) is 5.10 Å². The van der Waals surface area contributed by atoms with Gasteiger partial charge < -0.3 is 10.2 Å². The van der Waals surface area contributed by atoms with E-state index in [0.29, 0.717) is 32.5 Å². The van der Waals surface area contributed by atoms with Crippen molar-refractivity contribution in [3.05, 3.63) is 84.2 Å². The van der Waals surface area contributed by atoms with Gasteiger partial charge in [0.1, 0.15) is 0 Å². The van der Waals surface area contributed by atoms with Crippen molar-refractivity contribution in [1.82, 2.24) is 20.0 Å². The highest BCUT2D eigenvalue weighted by Crippen LogP contribution is 2.19. The van der Waals surface area contributed by atoms with Crippen LogP contribution in [0.5, 0.6) is 0 Å². The molecule has 0 saturated carbocycles. The topological polar surface area (TPSA) is 67.2 Å². The van der Waals surface area contributed by atoms with Gasteiger partial charge in [-0.3, -0.25) is 9.59 Å². The Labute approximate surface area is 182 Å². The van der Waals surface area contributed by atoms with Gasteiger partial charge in [-0.1, -0.05) is 48.5 Å².